The van der Waals surface area contributed by atoms with E-state index in [2.05, 4.69) is 34.3 Å². The van der Waals surface area contributed by atoms with Crippen LogP contribution < -0.4 is 16.0 Å². The van der Waals surface area contributed by atoms with E-state index >= 15 is 0 Å². The Labute approximate surface area is 179 Å². The van der Waals surface area contributed by atoms with E-state index in [0.717, 1.165) is 43.7 Å². The molecule has 0 radical (unpaired) electrons. The number of nitrogens with zero attached hydrogens (tertiary/aromatic N) is 3. The molecule has 0 saturated carbocycles. The lowest BCUT2D eigenvalue weighted by molar-refractivity contribution is 0.276. The first-order valence-corrected chi connectivity index (χ1v) is 12.0. The van der Waals surface area contributed by atoms with Gasteiger partial charge in [0.25, 0.3) is 0 Å². The van der Waals surface area contributed by atoms with Crippen molar-refractivity contribution in [2.75, 3.05) is 55.8 Å². The molecule has 2 aliphatic heterocycles. The first-order chi connectivity index (χ1) is 14.4. The molecule has 0 amide bonds. The number of anilines is 3. The van der Waals surface area contributed by atoms with Crippen molar-refractivity contribution in [3.63, 3.8) is 0 Å². The summed E-state index contributed by atoms with van der Waals surface area (Å²) in [6.45, 7) is 3.97. The van der Waals surface area contributed by atoms with Crippen molar-refractivity contribution in [2.24, 2.45) is 0 Å². The lowest BCUT2D eigenvalue weighted by Crippen LogP contribution is -2.37. The van der Waals surface area contributed by atoms with Crippen molar-refractivity contribution in [3.05, 3.63) is 48.5 Å². The summed E-state index contributed by atoms with van der Waals surface area (Å²) in [4.78, 5) is 5.07. The Bertz CT molecular complexity index is 940. The van der Waals surface area contributed by atoms with Crippen LogP contribution in [0, 0.1) is 0 Å². The molecule has 7 nitrogen and oxygen atoms in total. The van der Waals surface area contributed by atoms with Crippen LogP contribution in [0.1, 0.15) is 19.3 Å². The highest BCUT2D eigenvalue weighted by molar-refractivity contribution is 7.89. The van der Waals surface area contributed by atoms with Gasteiger partial charge in [0.05, 0.1) is 11.6 Å². The molecule has 2 aromatic carbocycles. The number of rotatable bonds is 7. The van der Waals surface area contributed by atoms with Crippen LogP contribution in [-0.4, -0.2) is 63.6 Å². The number of benzene rings is 2. The van der Waals surface area contributed by atoms with Gasteiger partial charge in [0.2, 0.25) is 10.0 Å². The van der Waals surface area contributed by atoms with Gasteiger partial charge in [0.1, 0.15) is 0 Å². The third-order valence-electron chi connectivity index (χ3n) is 6.13. The highest BCUT2D eigenvalue weighted by Gasteiger charge is 2.27. The van der Waals surface area contributed by atoms with Crippen LogP contribution in [0.5, 0.6) is 0 Å². The Morgan fingerprint density at radius 3 is 2.37 bits per heavy atom. The summed E-state index contributed by atoms with van der Waals surface area (Å²) < 4.78 is 26.9. The van der Waals surface area contributed by atoms with Crippen molar-refractivity contribution in [1.29, 1.82) is 0 Å². The quantitative estimate of drug-likeness (QED) is 0.520. The average Bonchev–Trinajstić information content (AvgIpc) is 3.45. The van der Waals surface area contributed by atoms with Gasteiger partial charge in [0, 0.05) is 49.3 Å². The van der Waals surface area contributed by atoms with Crippen molar-refractivity contribution >= 4 is 27.1 Å². The second kappa shape index (κ2) is 8.83. The molecule has 1 atom stereocenters. The Morgan fingerprint density at radius 2 is 1.70 bits per heavy atom. The van der Waals surface area contributed by atoms with Gasteiger partial charge in [-0.25, -0.2) is 8.42 Å². The highest BCUT2D eigenvalue weighted by atomic mass is 32.2. The van der Waals surface area contributed by atoms with E-state index in [1.165, 1.54) is 5.69 Å². The summed E-state index contributed by atoms with van der Waals surface area (Å²) in [5, 5.41) is 3.41. The fourth-order valence-corrected chi connectivity index (χ4v) is 5.71. The van der Waals surface area contributed by atoms with Gasteiger partial charge in [-0.3, -0.25) is 4.90 Å². The molecule has 0 aromatic heterocycles. The van der Waals surface area contributed by atoms with Crippen molar-refractivity contribution in [2.45, 2.75) is 30.2 Å². The van der Waals surface area contributed by atoms with Crippen LogP contribution in [0.3, 0.4) is 0 Å². The number of hydrogen-bond acceptors (Lipinski definition) is 6. The average molecular weight is 430 g/mol. The predicted molar refractivity (Wildman–Crippen MR) is 122 cm³/mol. The third-order valence-corrected chi connectivity index (χ3v) is 8.05. The van der Waals surface area contributed by atoms with Crippen molar-refractivity contribution in [3.8, 4) is 0 Å². The smallest absolute Gasteiger partial charge is 0.243 e. The molecule has 0 spiro atoms. The van der Waals surface area contributed by atoms with E-state index in [1.54, 1.807) is 16.4 Å². The molecule has 2 aromatic rings. The molecule has 3 N–H and O–H groups in total. The molecule has 2 heterocycles. The minimum atomic E-state index is -3.35. The van der Waals surface area contributed by atoms with Gasteiger partial charge in [0.15, 0.2) is 0 Å². The topological polar surface area (TPSA) is 81.9 Å². The molecule has 2 saturated heterocycles. The highest BCUT2D eigenvalue weighted by Crippen LogP contribution is 2.24. The van der Waals surface area contributed by atoms with E-state index in [4.69, 9.17) is 5.73 Å². The van der Waals surface area contributed by atoms with Gasteiger partial charge < -0.3 is 16.0 Å². The Morgan fingerprint density at radius 1 is 1.03 bits per heavy atom. The summed E-state index contributed by atoms with van der Waals surface area (Å²) in [7, 11) is -1.23. The Kier molecular flexibility index (Phi) is 6.17. The largest absolute Gasteiger partial charge is 0.399 e. The second-order valence-electron chi connectivity index (χ2n) is 8.21. The summed E-state index contributed by atoms with van der Waals surface area (Å²) in [5.74, 6) is 0. The predicted octanol–water partition coefficient (Wildman–Crippen LogP) is 2.63. The van der Waals surface area contributed by atoms with Crippen molar-refractivity contribution < 1.29 is 8.42 Å². The van der Waals surface area contributed by atoms with Gasteiger partial charge >= 0.3 is 0 Å². The summed E-state index contributed by atoms with van der Waals surface area (Å²) in [5.41, 5.74) is 8.71. The molecule has 0 bridgehead atoms. The van der Waals surface area contributed by atoms with Crippen molar-refractivity contribution in [1.82, 2.24) is 9.21 Å². The number of nitrogen functional groups attached to an aromatic ring is 1. The molecular weight excluding hydrogens is 398 g/mol. The summed E-state index contributed by atoms with van der Waals surface area (Å²) >= 11 is 0. The van der Waals surface area contributed by atoms with Gasteiger partial charge in [-0.2, -0.15) is 4.31 Å². The van der Waals surface area contributed by atoms with E-state index in [-0.39, 0.29) is 0 Å². The summed E-state index contributed by atoms with van der Waals surface area (Å²) in [6.07, 6.45) is 3.00. The SMILES string of the molecule is CN(CNc1ccc(S(=O)(=O)N2CCCC2)cc1)C1CCN(c2ccc(N)cc2)C1. The first-order valence-electron chi connectivity index (χ1n) is 10.6. The van der Waals surface area contributed by atoms with Crippen LogP contribution in [-0.2, 0) is 10.0 Å². The van der Waals surface area contributed by atoms with Crippen LogP contribution in [0.2, 0.25) is 0 Å². The molecule has 4 rings (SSSR count). The zero-order chi connectivity index (χ0) is 21.1. The zero-order valence-corrected chi connectivity index (χ0v) is 18.3. The molecule has 0 aliphatic carbocycles. The number of nitrogens with two attached hydrogens (primary N) is 1. The maximum absolute atomic E-state index is 12.6. The molecule has 162 valence electrons. The summed E-state index contributed by atoms with van der Waals surface area (Å²) in [6, 6.07) is 15.6. The van der Waals surface area contributed by atoms with Crippen LogP contribution in [0.25, 0.3) is 0 Å². The Balaban J connectivity index is 1.30. The molecule has 2 aliphatic rings. The first kappa shape index (κ1) is 21.0. The maximum atomic E-state index is 12.6. The van der Waals surface area contributed by atoms with E-state index in [9.17, 15) is 8.42 Å². The number of sulfonamides is 1. The second-order valence-corrected chi connectivity index (χ2v) is 10.1. The lowest BCUT2D eigenvalue weighted by atomic mass is 10.2. The number of hydrogen-bond donors (Lipinski definition) is 2. The standard InChI is InChI=1S/C22H31N5O2S/c1-25(21-12-15-26(16-21)20-8-4-18(23)5-9-20)17-24-19-6-10-22(11-7-19)30(28,29)27-13-2-3-14-27/h4-11,21,24H,2-3,12-17,23H2,1H3. The van der Waals surface area contributed by atoms with Crippen LogP contribution in [0.4, 0.5) is 17.1 Å². The van der Waals surface area contributed by atoms with E-state index in [1.807, 2.05) is 24.3 Å². The molecule has 30 heavy (non-hydrogen) atoms. The van der Waals surface area contributed by atoms with E-state index < -0.39 is 10.0 Å². The molecular formula is C22H31N5O2S. The minimum Gasteiger partial charge on any atom is -0.399 e. The molecule has 1 unspecified atom stereocenters. The maximum Gasteiger partial charge on any atom is 0.243 e. The fourth-order valence-electron chi connectivity index (χ4n) is 4.19. The minimum absolute atomic E-state index is 0.373. The normalized spacial score (nSPS) is 20.2. The zero-order valence-electron chi connectivity index (χ0n) is 17.5. The Hall–Kier alpha value is -2.29. The van der Waals surface area contributed by atoms with Gasteiger partial charge in [-0.05, 0) is 74.8 Å². The monoisotopic (exact) mass is 429 g/mol. The van der Waals surface area contributed by atoms with Gasteiger partial charge in [-0.1, -0.05) is 0 Å². The van der Waals surface area contributed by atoms with E-state index in [0.29, 0.717) is 30.7 Å². The fraction of sp³-hybridized carbons (Fsp3) is 0.455. The third kappa shape index (κ3) is 4.55. The molecule has 8 heteroatoms. The van der Waals surface area contributed by atoms with Crippen LogP contribution in [0.15, 0.2) is 53.4 Å². The lowest BCUT2D eigenvalue weighted by Gasteiger charge is -2.26. The molecule has 2 fully saturated rings. The number of nitrogens with one attached hydrogen (secondary N) is 1. The number of likely N-dealkylation sites (N-methyl/N-ethyl adjacent to an activating group) is 1. The van der Waals surface area contributed by atoms with Crippen LogP contribution >= 0.6 is 0 Å². The van der Waals surface area contributed by atoms with Gasteiger partial charge in [-0.15, -0.1) is 0 Å².